The minimum Gasteiger partial charge on any atom is -0.485 e. The van der Waals surface area contributed by atoms with Crippen LogP contribution in [0, 0.1) is 11.8 Å². The van der Waals surface area contributed by atoms with Gasteiger partial charge in [-0.2, -0.15) is 0 Å². The van der Waals surface area contributed by atoms with Crippen molar-refractivity contribution >= 4 is 22.9 Å². The maximum atomic E-state index is 12.2. The predicted octanol–water partition coefficient (Wildman–Crippen LogP) is 4.50. The predicted molar refractivity (Wildman–Crippen MR) is 143 cm³/mol. The van der Waals surface area contributed by atoms with Crippen molar-refractivity contribution < 1.29 is 14.6 Å². The zero-order valence-electron chi connectivity index (χ0n) is 21.2. The number of Topliss-reactive ketones (excluding diaryl/α,β-unsaturated/α-hetero) is 1. The fourth-order valence-corrected chi connectivity index (χ4v) is 5.15. The highest BCUT2D eigenvalue weighted by molar-refractivity contribution is 7.15. The molecule has 36 heavy (non-hydrogen) atoms. The number of likely N-dealkylation sites (tertiary alicyclic amines) is 1. The maximum Gasteiger partial charge on any atom is 0.166 e. The second-order valence-electron chi connectivity index (χ2n) is 9.77. The van der Waals surface area contributed by atoms with Crippen LogP contribution in [0.2, 0.25) is 0 Å². The molecule has 4 rings (SSSR count). The molecular formula is C28H32N4O3S. The smallest absolute Gasteiger partial charge is 0.166 e. The van der Waals surface area contributed by atoms with E-state index >= 15 is 0 Å². The molecule has 3 heterocycles. The molecule has 8 heteroatoms. The van der Waals surface area contributed by atoms with Crippen molar-refractivity contribution in [1.29, 1.82) is 0 Å². The van der Waals surface area contributed by atoms with Crippen molar-refractivity contribution in [2.45, 2.75) is 51.7 Å². The number of pyridine rings is 1. The number of ether oxygens (including phenoxy) is 1. The lowest BCUT2D eigenvalue weighted by molar-refractivity contribution is 0.101. The summed E-state index contributed by atoms with van der Waals surface area (Å²) >= 11 is 1.69. The molecule has 0 radical (unpaired) electrons. The Hall–Kier alpha value is -3.25. The summed E-state index contributed by atoms with van der Waals surface area (Å²) in [5, 5.41) is 11.1. The van der Waals surface area contributed by atoms with Crippen LogP contribution in [0.25, 0.3) is 10.4 Å². The Morgan fingerprint density at radius 2 is 2.00 bits per heavy atom. The number of hydrogen-bond acceptors (Lipinski definition) is 8. The van der Waals surface area contributed by atoms with Crippen molar-refractivity contribution in [2.24, 2.45) is 0 Å². The van der Waals surface area contributed by atoms with Crippen LogP contribution < -0.4 is 10.5 Å². The van der Waals surface area contributed by atoms with Gasteiger partial charge >= 0.3 is 0 Å². The van der Waals surface area contributed by atoms with E-state index in [0.29, 0.717) is 28.4 Å². The van der Waals surface area contributed by atoms with Crippen LogP contribution in [0.15, 0.2) is 36.7 Å². The summed E-state index contributed by atoms with van der Waals surface area (Å²) in [7, 11) is 2.16. The molecule has 1 saturated heterocycles. The van der Waals surface area contributed by atoms with Crippen LogP contribution in [0.4, 0.5) is 5.82 Å². The molecule has 1 aromatic carbocycles. The third kappa shape index (κ3) is 6.49. The van der Waals surface area contributed by atoms with Crippen molar-refractivity contribution in [2.75, 3.05) is 25.9 Å². The van der Waals surface area contributed by atoms with Gasteiger partial charge in [-0.05, 0) is 78.0 Å². The van der Waals surface area contributed by atoms with Gasteiger partial charge in [0.05, 0.1) is 9.88 Å². The van der Waals surface area contributed by atoms with Gasteiger partial charge in [0.25, 0.3) is 0 Å². The van der Waals surface area contributed by atoms with Gasteiger partial charge in [-0.1, -0.05) is 11.8 Å². The number of aromatic nitrogens is 2. The summed E-state index contributed by atoms with van der Waals surface area (Å²) in [5.41, 5.74) is 7.84. The number of rotatable bonds is 6. The topological polar surface area (TPSA) is 102 Å². The van der Waals surface area contributed by atoms with E-state index in [4.69, 9.17) is 15.5 Å². The Labute approximate surface area is 216 Å². The summed E-state index contributed by atoms with van der Waals surface area (Å²) in [4.78, 5) is 24.6. The second-order valence-corrected chi connectivity index (χ2v) is 10.8. The first kappa shape index (κ1) is 25.8. The van der Waals surface area contributed by atoms with Gasteiger partial charge < -0.3 is 20.5 Å². The number of hydrogen-bond donors (Lipinski definition) is 2. The molecule has 0 aliphatic carbocycles. The number of nitrogens with two attached hydrogens (primary N) is 1. The van der Waals surface area contributed by atoms with E-state index in [2.05, 4.69) is 28.8 Å². The summed E-state index contributed by atoms with van der Waals surface area (Å²) in [6.45, 7) is 7.07. The lowest BCUT2D eigenvalue weighted by Crippen LogP contribution is -2.29. The van der Waals surface area contributed by atoms with Crippen molar-refractivity contribution in [3.8, 4) is 28.0 Å². The molecule has 188 valence electrons. The zero-order chi connectivity index (χ0) is 25.9. The van der Waals surface area contributed by atoms with E-state index in [0.717, 1.165) is 41.4 Å². The first-order chi connectivity index (χ1) is 17.1. The first-order valence-electron chi connectivity index (χ1n) is 12.0. The van der Waals surface area contributed by atoms with Gasteiger partial charge in [-0.25, -0.2) is 9.97 Å². The van der Waals surface area contributed by atoms with Gasteiger partial charge in [-0.15, -0.1) is 11.3 Å². The highest BCUT2D eigenvalue weighted by Gasteiger charge is 2.22. The summed E-state index contributed by atoms with van der Waals surface area (Å²) in [6.07, 6.45) is 5.88. The van der Waals surface area contributed by atoms with E-state index in [9.17, 15) is 9.90 Å². The quantitative estimate of drug-likeness (QED) is 0.376. The number of thiazole rings is 1. The second kappa shape index (κ2) is 10.8. The van der Waals surface area contributed by atoms with Crippen LogP contribution in [0.3, 0.4) is 0 Å². The van der Waals surface area contributed by atoms with Crippen LogP contribution >= 0.6 is 11.3 Å². The minimum atomic E-state index is -1.11. The largest absolute Gasteiger partial charge is 0.485 e. The molecule has 2 aromatic heterocycles. The van der Waals surface area contributed by atoms with Gasteiger partial charge in [0.1, 0.15) is 12.2 Å². The van der Waals surface area contributed by atoms with Gasteiger partial charge in [0, 0.05) is 40.6 Å². The number of nitrogens with zero attached hydrogens (tertiary/aromatic N) is 3. The van der Waals surface area contributed by atoms with Crippen molar-refractivity contribution in [1.82, 2.24) is 14.9 Å². The summed E-state index contributed by atoms with van der Waals surface area (Å²) < 4.78 is 6.05. The molecule has 1 aliphatic rings. The monoisotopic (exact) mass is 504 g/mol. The Bertz CT molecular complexity index is 1310. The van der Waals surface area contributed by atoms with Crippen LogP contribution in [0.1, 0.15) is 66.0 Å². The van der Waals surface area contributed by atoms with Crippen LogP contribution in [-0.2, 0) is 6.61 Å². The van der Waals surface area contributed by atoms with E-state index in [1.54, 1.807) is 49.6 Å². The molecule has 3 N–H and O–H groups in total. The Morgan fingerprint density at radius 3 is 2.69 bits per heavy atom. The molecule has 0 bridgehead atoms. The number of nitrogen functional groups attached to an aromatic ring is 1. The number of aliphatic hydroxyl groups is 1. The Kier molecular flexibility index (Phi) is 7.74. The molecular weight excluding hydrogens is 472 g/mol. The Morgan fingerprint density at radius 1 is 1.25 bits per heavy atom. The molecule has 0 saturated carbocycles. The van der Waals surface area contributed by atoms with Gasteiger partial charge in [0.2, 0.25) is 0 Å². The van der Waals surface area contributed by atoms with Crippen molar-refractivity contribution in [3.63, 3.8) is 0 Å². The average molecular weight is 505 g/mol. The lowest BCUT2D eigenvalue weighted by atomic mass is 9.98. The SMILES string of the molecule is CC(=O)c1ccc(C#CC(C)(C)O)cc1COc1cc(-c2cnc(C3CCN(C)CC3)s2)cnc1N. The van der Waals surface area contributed by atoms with Crippen LogP contribution in [-0.4, -0.2) is 51.5 Å². The summed E-state index contributed by atoms with van der Waals surface area (Å²) in [5.74, 6) is 6.90. The van der Waals surface area contributed by atoms with E-state index in [1.165, 1.54) is 6.92 Å². The van der Waals surface area contributed by atoms with Gasteiger partial charge in [-0.3, -0.25) is 4.79 Å². The maximum absolute atomic E-state index is 12.2. The number of ketones is 1. The first-order valence-corrected chi connectivity index (χ1v) is 12.8. The molecule has 1 fully saturated rings. The fraction of sp³-hybridized carbons (Fsp3) is 0.393. The van der Waals surface area contributed by atoms with Crippen molar-refractivity contribution in [3.05, 3.63) is 58.4 Å². The molecule has 3 aromatic rings. The normalized spacial score (nSPS) is 14.8. The van der Waals surface area contributed by atoms with E-state index < -0.39 is 5.60 Å². The number of anilines is 1. The zero-order valence-corrected chi connectivity index (χ0v) is 22.0. The summed E-state index contributed by atoms with van der Waals surface area (Å²) in [6, 6.07) is 7.18. The standard InChI is InChI=1S/C28H32N4O3S/c1-18(33)23-6-5-19(7-10-28(2,3)34)13-22(23)17-35-24-14-21(15-30-26(24)29)25-16-31-27(36-25)20-8-11-32(4)12-9-20/h5-6,13-16,20,34H,8-9,11-12,17H2,1-4H3,(H2,29,30). The van der Waals surface area contributed by atoms with Crippen LogP contribution in [0.5, 0.6) is 5.75 Å². The molecule has 0 amide bonds. The van der Waals surface area contributed by atoms with Gasteiger partial charge in [0.15, 0.2) is 17.4 Å². The molecule has 1 aliphatic heterocycles. The van der Waals surface area contributed by atoms with E-state index in [1.807, 2.05) is 12.3 Å². The fourth-order valence-electron chi connectivity index (χ4n) is 4.09. The average Bonchev–Trinajstić information content (AvgIpc) is 3.32. The highest BCUT2D eigenvalue weighted by atomic mass is 32.1. The number of benzene rings is 1. The Balaban J connectivity index is 1.54. The van der Waals surface area contributed by atoms with E-state index in [-0.39, 0.29) is 18.2 Å². The molecule has 0 spiro atoms. The lowest BCUT2D eigenvalue weighted by Gasteiger charge is -2.27. The number of carbonyl (C=O) groups is 1. The third-order valence-corrected chi connectivity index (χ3v) is 7.35. The molecule has 0 atom stereocenters. The number of piperidine rings is 1. The molecule has 7 nitrogen and oxygen atoms in total. The highest BCUT2D eigenvalue weighted by Crippen LogP contribution is 2.36. The third-order valence-electron chi connectivity index (χ3n) is 6.14. The minimum absolute atomic E-state index is 0.0680. The number of carbonyl (C=O) groups excluding carboxylic acids is 1. The molecule has 0 unspecified atom stereocenters.